The van der Waals surface area contributed by atoms with Gasteiger partial charge in [-0.15, -0.1) is 0 Å². The first-order chi connectivity index (χ1) is 9.09. The van der Waals surface area contributed by atoms with E-state index in [1.165, 1.54) is 6.07 Å². The van der Waals surface area contributed by atoms with Gasteiger partial charge in [0.2, 0.25) is 0 Å². The van der Waals surface area contributed by atoms with Gasteiger partial charge in [0.15, 0.2) is 0 Å². The second-order valence-corrected chi connectivity index (χ2v) is 4.92. The number of piperidine rings is 1. The number of hydrogen-bond donors (Lipinski definition) is 2. The molecule has 0 aliphatic carbocycles. The highest BCUT2D eigenvalue weighted by Crippen LogP contribution is 2.14. The van der Waals surface area contributed by atoms with Crippen molar-refractivity contribution in [3.63, 3.8) is 0 Å². The standard InChI is InChI=1S/C14H18F2N2O/c1-9(12-7-2-3-8-17-12)18-14(19)13-10(15)5-4-6-11(13)16/h4-6,9,12,17H,2-3,7-8H2,1H3,(H,18,19). The van der Waals surface area contributed by atoms with Crippen LogP contribution < -0.4 is 10.6 Å². The highest BCUT2D eigenvalue weighted by molar-refractivity contribution is 5.94. The molecule has 2 rings (SSSR count). The first-order valence-electron chi connectivity index (χ1n) is 6.58. The van der Waals surface area contributed by atoms with E-state index in [4.69, 9.17) is 0 Å². The Morgan fingerprint density at radius 1 is 1.37 bits per heavy atom. The van der Waals surface area contributed by atoms with Crippen LogP contribution in [0.15, 0.2) is 18.2 Å². The SMILES string of the molecule is CC(NC(=O)c1c(F)cccc1F)C1CCCCN1. The number of hydrogen-bond acceptors (Lipinski definition) is 2. The molecule has 1 amide bonds. The molecule has 1 saturated heterocycles. The average Bonchev–Trinajstić information content (AvgIpc) is 2.39. The number of halogens is 2. The fourth-order valence-electron chi connectivity index (χ4n) is 2.40. The van der Waals surface area contributed by atoms with Crippen molar-refractivity contribution in [2.75, 3.05) is 6.54 Å². The van der Waals surface area contributed by atoms with E-state index in [0.717, 1.165) is 37.9 Å². The van der Waals surface area contributed by atoms with E-state index >= 15 is 0 Å². The third-order valence-corrected chi connectivity index (χ3v) is 3.50. The number of carbonyl (C=O) groups excluding carboxylic acids is 1. The minimum Gasteiger partial charge on any atom is -0.348 e. The maximum atomic E-state index is 13.5. The second-order valence-electron chi connectivity index (χ2n) is 4.92. The van der Waals surface area contributed by atoms with Crippen LogP contribution in [0, 0.1) is 11.6 Å². The van der Waals surface area contributed by atoms with Crippen LogP contribution in [-0.2, 0) is 0 Å². The summed E-state index contributed by atoms with van der Waals surface area (Å²) in [5.41, 5.74) is -0.509. The lowest BCUT2D eigenvalue weighted by atomic mass is 9.99. The highest BCUT2D eigenvalue weighted by Gasteiger charge is 2.24. The zero-order valence-corrected chi connectivity index (χ0v) is 10.9. The molecule has 5 heteroatoms. The molecular weight excluding hydrogens is 250 g/mol. The Labute approximate surface area is 111 Å². The van der Waals surface area contributed by atoms with Crippen molar-refractivity contribution < 1.29 is 13.6 Å². The summed E-state index contributed by atoms with van der Waals surface area (Å²) in [6.45, 7) is 2.76. The fraction of sp³-hybridized carbons (Fsp3) is 0.500. The van der Waals surface area contributed by atoms with E-state index in [2.05, 4.69) is 10.6 Å². The van der Waals surface area contributed by atoms with Gasteiger partial charge in [0.05, 0.1) is 0 Å². The molecule has 0 saturated carbocycles. The number of amides is 1. The summed E-state index contributed by atoms with van der Waals surface area (Å²) in [6, 6.07) is 3.41. The first kappa shape index (κ1) is 13.9. The summed E-state index contributed by atoms with van der Waals surface area (Å²) in [7, 11) is 0. The Kier molecular flexibility index (Phi) is 4.47. The van der Waals surface area contributed by atoms with Crippen LogP contribution in [0.2, 0.25) is 0 Å². The summed E-state index contributed by atoms with van der Waals surface area (Å²) in [4.78, 5) is 11.9. The van der Waals surface area contributed by atoms with Crippen LogP contribution >= 0.6 is 0 Å². The van der Waals surface area contributed by atoms with Gasteiger partial charge in [0.25, 0.3) is 5.91 Å². The molecule has 0 radical (unpaired) electrons. The Hall–Kier alpha value is -1.49. The van der Waals surface area contributed by atoms with Crippen molar-refractivity contribution in [1.29, 1.82) is 0 Å². The molecule has 2 atom stereocenters. The zero-order chi connectivity index (χ0) is 13.8. The minimum atomic E-state index is -0.832. The van der Waals surface area contributed by atoms with E-state index in [1.54, 1.807) is 0 Å². The molecular formula is C14H18F2N2O. The molecule has 0 spiro atoms. The van der Waals surface area contributed by atoms with Crippen LogP contribution in [0.4, 0.5) is 8.78 Å². The van der Waals surface area contributed by atoms with Gasteiger partial charge in [-0.3, -0.25) is 4.79 Å². The normalized spacial score (nSPS) is 20.9. The molecule has 1 aromatic rings. The minimum absolute atomic E-state index is 0.160. The van der Waals surface area contributed by atoms with Crippen molar-refractivity contribution in [2.45, 2.75) is 38.3 Å². The van der Waals surface area contributed by atoms with Crippen LogP contribution in [-0.4, -0.2) is 24.5 Å². The molecule has 3 nitrogen and oxygen atoms in total. The quantitative estimate of drug-likeness (QED) is 0.882. The molecule has 0 aromatic heterocycles. The number of rotatable bonds is 3. The molecule has 104 valence electrons. The van der Waals surface area contributed by atoms with E-state index < -0.39 is 23.1 Å². The van der Waals surface area contributed by atoms with Crippen LogP contribution in [0.1, 0.15) is 36.5 Å². The van der Waals surface area contributed by atoms with Crippen molar-refractivity contribution in [3.05, 3.63) is 35.4 Å². The van der Waals surface area contributed by atoms with E-state index in [9.17, 15) is 13.6 Å². The van der Waals surface area contributed by atoms with Gasteiger partial charge in [-0.2, -0.15) is 0 Å². The van der Waals surface area contributed by atoms with Crippen molar-refractivity contribution in [2.24, 2.45) is 0 Å². The predicted molar refractivity (Wildman–Crippen MR) is 68.9 cm³/mol. The van der Waals surface area contributed by atoms with Crippen LogP contribution in [0.5, 0.6) is 0 Å². The lowest BCUT2D eigenvalue weighted by Gasteiger charge is -2.29. The lowest BCUT2D eigenvalue weighted by Crippen LogP contribution is -2.50. The van der Waals surface area contributed by atoms with Gasteiger partial charge in [-0.25, -0.2) is 8.78 Å². The number of benzene rings is 1. The molecule has 1 aromatic carbocycles. The zero-order valence-electron chi connectivity index (χ0n) is 10.9. The summed E-state index contributed by atoms with van der Waals surface area (Å²) in [6.07, 6.45) is 3.19. The summed E-state index contributed by atoms with van der Waals surface area (Å²) in [5, 5.41) is 5.97. The Morgan fingerprint density at radius 3 is 2.63 bits per heavy atom. The molecule has 19 heavy (non-hydrogen) atoms. The van der Waals surface area contributed by atoms with Gasteiger partial charge < -0.3 is 10.6 Å². The molecule has 1 aliphatic rings. The monoisotopic (exact) mass is 268 g/mol. The Morgan fingerprint density at radius 2 is 2.05 bits per heavy atom. The van der Waals surface area contributed by atoms with Crippen molar-refractivity contribution in [1.82, 2.24) is 10.6 Å². The molecule has 1 heterocycles. The average molecular weight is 268 g/mol. The highest BCUT2D eigenvalue weighted by atomic mass is 19.1. The molecule has 0 bridgehead atoms. The van der Waals surface area contributed by atoms with E-state index in [-0.39, 0.29) is 12.1 Å². The molecule has 2 N–H and O–H groups in total. The van der Waals surface area contributed by atoms with Crippen molar-refractivity contribution >= 4 is 5.91 Å². The maximum Gasteiger partial charge on any atom is 0.257 e. The van der Waals surface area contributed by atoms with Crippen LogP contribution in [0.25, 0.3) is 0 Å². The summed E-state index contributed by atoms with van der Waals surface area (Å²) < 4.78 is 27.0. The lowest BCUT2D eigenvalue weighted by molar-refractivity contribution is 0.0919. The fourth-order valence-corrected chi connectivity index (χ4v) is 2.40. The Bertz CT molecular complexity index is 439. The molecule has 2 unspecified atom stereocenters. The maximum absolute atomic E-state index is 13.5. The first-order valence-corrected chi connectivity index (χ1v) is 6.58. The van der Waals surface area contributed by atoms with Gasteiger partial charge in [-0.05, 0) is 38.4 Å². The van der Waals surface area contributed by atoms with E-state index in [1.807, 2.05) is 6.92 Å². The second kappa shape index (κ2) is 6.10. The number of nitrogens with one attached hydrogen (secondary N) is 2. The van der Waals surface area contributed by atoms with Gasteiger partial charge in [-0.1, -0.05) is 12.5 Å². The third-order valence-electron chi connectivity index (χ3n) is 3.50. The Balaban J connectivity index is 2.04. The smallest absolute Gasteiger partial charge is 0.257 e. The molecule has 1 aliphatic heterocycles. The summed E-state index contributed by atoms with van der Waals surface area (Å²) >= 11 is 0. The largest absolute Gasteiger partial charge is 0.348 e. The van der Waals surface area contributed by atoms with Crippen LogP contribution in [0.3, 0.4) is 0 Å². The number of carbonyl (C=O) groups is 1. The third kappa shape index (κ3) is 3.29. The summed E-state index contributed by atoms with van der Waals surface area (Å²) in [5.74, 6) is -2.36. The van der Waals surface area contributed by atoms with Gasteiger partial charge in [0, 0.05) is 12.1 Å². The van der Waals surface area contributed by atoms with Gasteiger partial charge in [0.1, 0.15) is 17.2 Å². The van der Waals surface area contributed by atoms with Crippen molar-refractivity contribution in [3.8, 4) is 0 Å². The van der Waals surface area contributed by atoms with E-state index in [0.29, 0.717) is 0 Å². The predicted octanol–water partition coefficient (Wildman–Crippen LogP) is 2.23. The molecule has 1 fully saturated rings. The van der Waals surface area contributed by atoms with Gasteiger partial charge >= 0.3 is 0 Å². The topological polar surface area (TPSA) is 41.1 Å².